The number of nitrogens with one attached hydrogen (secondary N) is 2. The molecule has 0 spiro atoms. The molecule has 1 atom stereocenters. The van der Waals surface area contributed by atoms with Gasteiger partial charge in [-0.3, -0.25) is 0 Å². The maximum absolute atomic E-state index is 13.1. The second-order valence-corrected chi connectivity index (χ2v) is 7.28. The minimum absolute atomic E-state index is 0.231. The molecule has 4 nitrogen and oxygen atoms in total. The van der Waals surface area contributed by atoms with Crippen LogP contribution in [0.2, 0.25) is 0 Å². The van der Waals surface area contributed by atoms with Gasteiger partial charge in [-0.15, -0.1) is 0 Å². The minimum atomic E-state index is -3.31. The highest BCUT2D eigenvalue weighted by Gasteiger charge is 2.22. The molecule has 114 valence electrons. The van der Waals surface area contributed by atoms with E-state index >= 15 is 0 Å². The topological polar surface area (TPSA) is 58.2 Å². The van der Waals surface area contributed by atoms with Crippen LogP contribution in [0.4, 0.5) is 8.78 Å². The van der Waals surface area contributed by atoms with Crippen LogP contribution in [-0.4, -0.2) is 26.8 Å². The van der Waals surface area contributed by atoms with Crippen molar-refractivity contribution in [3.8, 4) is 0 Å². The SMILES string of the molecule is CC(NCC(C)(C)NS(C)(=O)=O)c1ccc(F)c(F)c1. The molecule has 1 rings (SSSR count). The van der Waals surface area contributed by atoms with Gasteiger partial charge in [-0.1, -0.05) is 6.07 Å². The molecule has 1 unspecified atom stereocenters. The first-order valence-electron chi connectivity index (χ1n) is 6.17. The van der Waals surface area contributed by atoms with Crippen LogP contribution in [0.25, 0.3) is 0 Å². The van der Waals surface area contributed by atoms with E-state index in [0.717, 1.165) is 18.4 Å². The van der Waals surface area contributed by atoms with Crippen LogP contribution in [0.5, 0.6) is 0 Å². The molecule has 0 aliphatic heterocycles. The monoisotopic (exact) mass is 306 g/mol. The summed E-state index contributed by atoms with van der Waals surface area (Å²) >= 11 is 0. The summed E-state index contributed by atoms with van der Waals surface area (Å²) in [5, 5.41) is 3.09. The smallest absolute Gasteiger partial charge is 0.209 e. The Labute approximate surface area is 118 Å². The van der Waals surface area contributed by atoms with Crippen LogP contribution in [0.3, 0.4) is 0 Å². The first kappa shape index (κ1) is 17.0. The van der Waals surface area contributed by atoms with Gasteiger partial charge < -0.3 is 5.32 Å². The van der Waals surface area contributed by atoms with E-state index in [0.29, 0.717) is 12.1 Å². The Kier molecular flexibility index (Phi) is 5.23. The van der Waals surface area contributed by atoms with Gasteiger partial charge in [0.25, 0.3) is 0 Å². The van der Waals surface area contributed by atoms with E-state index in [1.165, 1.54) is 6.07 Å². The Morgan fingerprint density at radius 1 is 1.25 bits per heavy atom. The summed E-state index contributed by atoms with van der Waals surface area (Å²) in [7, 11) is -3.31. The molecule has 0 bridgehead atoms. The van der Waals surface area contributed by atoms with Crippen molar-refractivity contribution < 1.29 is 17.2 Å². The lowest BCUT2D eigenvalue weighted by molar-refractivity contribution is 0.398. The number of sulfonamides is 1. The summed E-state index contributed by atoms with van der Waals surface area (Å²) in [5.74, 6) is -1.79. The quantitative estimate of drug-likeness (QED) is 0.844. The zero-order valence-corrected chi connectivity index (χ0v) is 12.8. The van der Waals surface area contributed by atoms with Crippen molar-refractivity contribution in [2.45, 2.75) is 32.4 Å². The fourth-order valence-electron chi connectivity index (χ4n) is 1.85. The van der Waals surface area contributed by atoms with Crippen LogP contribution in [0.1, 0.15) is 32.4 Å². The Balaban J connectivity index is 2.67. The summed E-state index contributed by atoms with van der Waals surface area (Å²) in [5.41, 5.74) is -0.0838. The van der Waals surface area contributed by atoms with Gasteiger partial charge in [-0.2, -0.15) is 0 Å². The van der Waals surface area contributed by atoms with Gasteiger partial charge in [-0.25, -0.2) is 21.9 Å². The molecule has 0 aliphatic rings. The molecule has 0 amide bonds. The molecular formula is C13H20F2N2O2S. The third-order valence-electron chi connectivity index (χ3n) is 2.76. The van der Waals surface area contributed by atoms with Gasteiger partial charge in [0.05, 0.1) is 6.26 Å². The molecule has 2 N–H and O–H groups in total. The van der Waals surface area contributed by atoms with Crippen molar-refractivity contribution in [1.82, 2.24) is 10.0 Å². The number of hydrogen-bond donors (Lipinski definition) is 2. The zero-order chi connectivity index (χ0) is 15.6. The molecule has 0 aliphatic carbocycles. The second kappa shape index (κ2) is 6.15. The molecule has 0 fully saturated rings. The van der Waals surface area contributed by atoms with Crippen molar-refractivity contribution in [3.63, 3.8) is 0 Å². The van der Waals surface area contributed by atoms with Gasteiger partial charge >= 0.3 is 0 Å². The minimum Gasteiger partial charge on any atom is -0.308 e. The maximum atomic E-state index is 13.1. The van der Waals surface area contributed by atoms with Crippen molar-refractivity contribution in [2.75, 3.05) is 12.8 Å². The average Bonchev–Trinajstić information content (AvgIpc) is 2.26. The van der Waals surface area contributed by atoms with E-state index in [1.54, 1.807) is 20.8 Å². The Morgan fingerprint density at radius 2 is 1.85 bits per heavy atom. The fourth-order valence-corrected chi connectivity index (χ4v) is 2.92. The first-order valence-corrected chi connectivity index (χ1v) is 8.06. The lowest BCUT2D eigenvalue weighted by atomic mass is 10.0. The van der Waals surface area contributed by atoms with E-state index in [-0.39, 0.29) is 6.04 Å². The van der Waals surface area contributed by atoms with Crippen molar-refractivity contribution in [2.24, 2.45) is 0 Å². The summed E-state index contributed by atoms with van der Waals surface area (Å²) < 4.78 is 50.9. The van der Waals surface area contributed by atoms with E-state index in [1.807, 2.05) is 0 Å². The van der Waals surface area contributed by atoms with Crippen LogP contribution in [0, 0.1) is 11.6 Å². The number of halogens is 2. The molecular weight excluding hydrogens is 286 g/mol. The highest BCUT2D eigenvalue weighted by molar-refractivity contribution is 7.88. The van der Waals surface area contributed by atoms with Crippen LogP contribution < -0.4 is 10.0 Å². The highest BCUT2D eigenvalue weighted by Crippen LogP contribution is 2.16. The van der Waals surface area contributed by atoms with Gasteiger partial charge in [0.2, 0.25) is 10.0 Å². The van der Waals surface area contributed by atoms with E-state index in [9.17, 15) is 17.2 Å². The predicted molar refractivity (Wildman–Crippen MR) is 74.8 cm³/mol. The van der Waals surface area contributed by atoms with Gasteiger partial charge in [-0.05, 0) is 38.5 Å². The predicted octanol–water partition coefficient (Wildman–Crippen LogP) is 1.94. The number of rotatable bonds is 6. The molecule has 7 heteroatoms. The molecule has 1 aromatic rings. The number of hydrogen-bond acceptors (Lipinski definition) is 3. The lowest BCUT2D eigenvalue weighted by Crippen LogP contribution is -2.50. The Morgan fingerprint density at radius 3 is 2.35 bits per heavy atom. The van der Waals surface area contributed by atoms with E-state index < -0.39 is 27.2 Å². The largest absolute Gasteiger partial charge is 0.308 e. The standard InChI is InChI=1S/C13H20F2N2O2S/c1-9(10-5-6-11(14)12(15)7-10)16-8-13(2,3)17-20(4,18)19/h5-7,9,16-17H,8H2,1-4H3. The van der Waals surface area contributed by atoms with E-state index in [2.05, 4.69) is 10.0 Å². The van der Waals surface area contributed by atoms with Gasteiger partial charge in [0.15, 0.2) is 11.6 Å². The lowest BCUT2D eigenvalue weighted by Gasteiger charge is -2.27. The van der Waals surface area contributed by atoms with Crippen molar-refractivity contribution >= 4 is 10.0 Å². The summed E-state index contributed by atoms with van der Waals surface area (Å²) in [6, 6.07) is 3.46. The van der Waals surface area contributed by atoms with Crippen molar-refractivity contribution in [1.29, 1.82) is 0 Å². The van der Waals surface area contributed by atoms with Crippen molar-refractivity contribution in [3.05, 3.63) is 35.4 Å². The molecule has 0 heterocycles. The van der Waals surface area contributed by atoms with Gasteiger partial charge in [0, 0.05) is 18.1 Å². The maximum Gasteiger partial charge on any atom is 0.209 e. The highest BCUT2D eigenvalue weighted by atomic mass is 32.2. The second-order valence-electron chi connectivity index (χ2n) is 5.53. The van der Waals surface area contributed by atoms with Crippen LogP contribution in [0.15, 0.2) is 18.2 Å². The first-order chi connectivity index (χ1) is 9.00. The molecule has 0 radical (unpaired) electrons. The summed E-state index contributed by atoms with van der Waals surface area (Å²) in [6.45, 7) is 5.61. The van der Waals surface area contributed by atoms with E-state index in [4.69, 9.17) is 0 Å². The third-order valence-corrected chi connectivity index (χ3v) is 3.68. The Bertz CT molecular complexity index is 574. The Hall–Kier alpha value is -1.05. The summed E-state index contributed by atoms with van der Waals surface area (Å²) in [6.07, 6.45) is 1.09. The van der Waals surface area contributed by atoms with Gasteiger partial charge in [0.1, 0.15) is 0 Å². The zero-order valence-electron chi connectivity index (χ0n) is 12.0. The van der Waals surface area contributed by atoms with Crippen LogP contribution >= 0.6 is 0 Å². The molecule has 0 aromatic heterocycles. The average molecular weight is 306 g/mol. The van der Waals surface area contributed by atoms with Crippen LogP contribution in [-0.2, 0) is 10.0 Å². The normalized spacial score (nSPS) is 14.3. The summed E-state index contributed by atoms with van der Waals surface area (Å²) in [4.78, 5) is 0. The fraction of sp³-hybridized carbons (Fsp3) is 0.538. The molecule has 0 saturated carbocycles. The number of benzene rings is 1. The third kappa shape index (κ3) is 5.52. The molecule has 20 heavy (non-hydrogen) atoms. The molecule has 1 aromatic carbocycles. The molecule has 0 saturated heterocycles.